The van der Waals surface area contributed by atoms with Crippen LogP contribution in [0.3, 0.4) is 0 Å². The summed E-state index contributed by atoms with van der Waals surface area (Å²) in [6.45, 7) is 5.13. The molecule has 0 saturated heterocycles. The van der Waals surface area contributed by atoms with Crippen LogP contribution in [0.4, 0.5) is 13.6 Å². The molecule has 0 heterocycles. The number of alkyl halides is 2. The Morgan fingerprint density at radius 3 is 2.59 bits per heavy atom. The maximum atomic E-state index is 13.3. The van der Waals surface area contributed by atoms with Gasteiger partial charge in [-0.15, -0.1) is 0 Å². The van der Waals surface area contributed by atoms with Crippen LogP contribution < -0.4 is 11.1 Å². The van der Waals surface area contributed by atoms with Crippen LogP contribution in [0.5, 0.6) is 0 Å². The average Bonchev–Trinajstić information content (AvgIpc) is 2.09. The Labute approximate surface area is 99.9 Å². The first-order valence-electron chi connectivity index (χ1n) is 5.75. The van der Waals surface area contributed by atoms with Gasteiger partial charge in [0.05, 0.1) is 12.1 Å². The number of hydrogen-bond donors (Lipinski definition) is 2. The molecule has 1 amide bonds. The molecule has 1 unspecified atom stereocenters. The third-order valence-corrected chi connectivity index (χ3v) is 2.65. The van der Waals surface area contributed by atoms with E-state index in [1.807, 2.05) is 0 Å². The Balaban J connectivity index is 2.54. The monoisotopic (exact) mass is 250 g/mol. The number of rotatable bonds is 1. The molecule has 1 saturated carbocycles. The van der Waals surface area contributed by atoms with Crippen molar-refractivity contribution in [1.82, 2.24) is 5.32 Å². The number of alkyl carbamates (subject to hydrolysis) is 1. The topological polar surface area (TPSA) is 64.3 Å². The molecule has 1 fully saturated rings. The van der Waals surface area contributed by atoms with Gasteiger partial charge in [-0.3, -0.25) is 0 Å². The van der Waals surface area contributed by atoms with Crippen LogP contribution in [0.2, 0.25) is 0 Å². The van der Waals surface area contributed by atoms with Gasteiger partial charge in [-0.1, -0.05) is 0 Å². The molecule has 2 atom stereocenters. The van der Waals surface area contributed by atoms with Crippen LogP contribution in [-0.4, -0.2) is 29.7 Å². The Hall–Kier alpha value is -0.910. The van der Waals surface area contributed by atoms with Crippen LogP contribution in [0.1, 0.15) is 40.0 Å². The Bertz CT molecular complexity index is 290. The van der Waals surface area contributed by atoms with Crippen molar-refractivity contribution in [2.24, 2.45) is 5.73 Å². The number of carbonyl (C=O) groups is 1. The van der Waals surface area contributed by atoms with E-state index in [0.717, 1.165) is 0 Å². The van der Waals surface area contributed by atoms with E-state index in [1.165, 1.54) is 0 Å². The molecule has 1 aliphatic carbocycles. The van der Waals surface area contributed by atoms with E-state index in [9.17, 15) is 13.6 Å². The van der Waals surface area contributed by atoms with Crippen molar-refractivity contribution in [2.45, 2.75) is 63.6 Å². The highest BCUT2D eigenvalue weighted by Crippen LogP contribution is 2.32. The minimum atomic E-state index is -2.92. The van der Waals surface area contributed by atoms with Crippen molar-refractivity contribution in [2.75, 3.05) is 0 Å². The first-order valence-corrected chi connectivity index (χ1v) is 5.75. The Morgan fingerprint density at radius 1 is 1.47 bits per heavy atom. The molecule has 4 nitrogen and oxygen atoms in total. The van der Waals surface area contributed by atoms with Gasteiger partial charge in [-0.25, -0.2) is 13.6 Å². The molecule has 100 valence electrons. The van der Waals surface area contributed by atoms with Crippen molar-refractivity contribution in [1.29, 1.82) is 0 Å². The molecule has 0 aromatic rings. The summed E-state index contributed by atoms with van der Waals surface area (Å²) >= 11 is 0. The highest BCUT2D eigenvalue weighted by molar-refractivity contribution is 5.68. The fourth-order valence-corrected chi connectivity index (χ4v) is 1.82. The molecule has 3 N–H and O–H groups in total. The minimum Gasteiger partial charge on any atom is -0.444 e. The summed E-state index contributed by atoms with van der Waals surface area (Å²) in [5.74, 6) is -2.92. The van der Waals surface area contributed by atoms with Gasteiger partial charge in [0.2, 0.25) is 0 Å². The van der Waals surface area contributed by atoms with Gasteiger partial charge in [-0.2, -0.15) is 0 Å². The lowest BCUT2D eigenvalue weighted by Gasteiger charge is -2.36. The molecule has 0 aromatic carbocycles. The molecular weight excluding hydrogens is 230 g/mol. The zero-order chi connectivity index (χ0) is 13.3. The van der Waals surface area contributed by atoms with Crippen LogP contribution >= 0.6 is 0 Å². The molecule has 0 aromatic heterocycles. The lowest BCUT2D eigenvalue weighted by molar-refractivity contribution is -0.0629. The third kappa shape index (κ3) is 4.11. The van der Waals surface area contributed by atoms with Crippen molar-refractivity contribution >= 4 is 6.09 Å². The highest BCUT2D eigenvalue weighted by atomic mass is 19.3. The quantitative estimate of drug-likeness (QED) is 0.748. The van der Waals surface area contributed by atoms with Gasteiger partial charge >= 0.3 is 6.09 Å². The van der Waals surface area contributed by atoms with E-state index in [4.69, 9.17) is 10.5 Å². The van der Waals surface area contributed by atoms with Gasteiger partial charge in [-0.05, 0) is 33.6 Å². The van der Waals surface area contributed by atoms with E-state index < -0.39 is 29.7 Å². The van der Waals surface area contributed by atoms with Crippen LogP contribution in [0.25, 0.3) is 0 Å². The average molecular weight is 250 g/mol. The summed E-state index contributed by atoms with van der Waals surface area (Å²) in [6.07, 6.45) is -0.117. The Kier molecular flexibility index (Phi) is 3.96. The van der Waals surface area contributed by atoms with E-state index in [1.54, 1.807) is 20.8 Å². The number of nitrogens with one attached hydrogen (secondary N) is 1. The van der Waals surface area contributed by atoms with Gasteiger partial charge in [0.25, 0.3) is 5.92 Å². The van der Waals surface area contributed by atoms with Crippen molar-refractivity contribution < 1.29 is 18.3 Å². The van der Waals surface area contributed by atoms with E-state index in [0.29, 0.717) is 12.8 Å². The molecule has 0 radical (unpaired) electrons. The van der Waals surface area contributed by atoms with E-state index >= 15 is 0 Å². The Morgan fingerprint density at radius 2 is 2.06 bits per heavy atom. The lowest BCUT2D eigenvalue weighted by atomic mass is 9.88. The minimum absolute atomic E-state index is 0.222. The van der Waals surface area contributed by atoms with Crippen molar-refractivity contribution in [3.8, 4) is 0 Å². The normalized spacial score (nSPS) is 28.6. The summed E-state index contributed by atoms with van der Waals surface area (Å²) in [7, 11) is 0. The molecule has 0 aliphatic heterocycles. The molecule has 17 heavy (non-hydrogen) atoms. The summed E-state index contributed by atoms with van der Waals surface area (Å²) in [4.78, 5) is 11.4. The first kappa shape index (κ1) is 14.2. The first-order chi connectivity index (χ1) is 7.62. The fraction of sp³-hybridized carbons (Fsp3) is 0.909. The second-order valence-electron chi connectivity index (χ2n) is 5.43. The largest absolute Gasteiger partial charge is 0.444 e. The van der Waals surface area contributed by atoms with Gasteiger partial charge < -0.3 is 15.8 Å². The number of amides is 1. The van der Waals surface area contributed by atoms with E-state index in [-0.39, 0.29) is 6.42 Å². The molecule has 1 rings (SSSR count). The number of nitrogens with two attached hydrogens (primary N) is 1. The zero-order valence-electron chi connectivity index (χ0n) is 10.4. The molecular formula is C11H20F2N2O2. The summed E-state index contributed by atoms with van der Waals surface area (Å²) in [6, 6.07) is -2.07. The number of hydrogen-bond acceptors (Lipinski definition) is 3. The summed E-state index contributed by atoms with van der Waals surface area (Å²) in [5.41, 5.74) is 4.80. The van der Waals surface area contributed by atoms with Crippen LogP contribution in [0.15, 0.2) is 0 Å². The SMILES string of the molecule is CC(C)(C)OC(=O)N[C@@H]1CCCC(F)(F)C1N. The number of halogens is 2. The molecule has 1 aliphatic rings. The van der Waals surface area contributed by atoms with E-state index in [2.05, 4.69) is 5.32 Å². The maximum absolute atomic E-state index is 13.3. The molecule has 0 bridgehead atoms. The zero-order valence-corrected chi connectivity index (χ0v) is 10.4. The van der Waals surface area contributed by atoms with Crippen LogP contribution in [0, 0.1) is 0 Å². The number of ether oxygens (including phenoxy) is 1. The smallest absolute Gasteiger partial charge is 0.407 e. The van der Waals surface area contributed by atoms with Gasteiger partial charge in [0, 0.05) is 6.42 Å². The van der Waals surface area contributed by atoms with Crippen molar-refractivity contribution in [3.63, 3.8) is 0 Å². The third-order valence-electron chi connectivity index (χ3n) is 2.65. The lowest BCUT2D eigenvalue weighted by Crippen LogP contribution is -2.59. The molecule has 6 heteroatoms. The van der Waals surface area contributed by atoms with Crippen molar-refractivity contribution in [3.05, 3.63) is 0 Å². The predicted octanol–water partition coefficient (Wildman–Crippen LogP) is 2.03. The second-order valence-corrected chi connectivity index (χ2v) is 5.43. The van der Waals surface area contributed by atoms with Gasteiger partial charge in [0.1, 0.15) is 5.60 Å². The fourth-order valence-electron chi connectivity index (χ4n) is 1.82. The highest BCUT2D eigenvalue weighted by Gasteiger charge is 2.45. The second kappa shape index (κ2) is 4.76. The van der Waals surface area contributed by atoms with Gasteiger partial charge in [0.15, 0.2) is 0 Å². The summed E-state index contributed by atoms with van der Waals surface area (Å²) < 4.78 is 31.6. The summed E-state index contributed by atoms with van der Waals surface area (Å²) in [5, 5.41) is 2.41. The number of carbonyl (C=O) groups excluding carboxylic acids is 1. The molecule has 0 spiro atoms. The van der Waals surface area contributed by atoms with Crippen LogP contribution in [-0.2, 0) is 4.74 Å². The standard InChI is InChI=1S/C11H20F2N2O2/c1-10(2,3)17-9(16)15-7-5-4-6-11(12,13)8(7)14/h7-8H,4-6,14H2,1-3H3,(H,15,16)/t7-,8?/m1/s1. The predicted molar refractivity (Wildman–Crippen MR) is 59.9 cm³/mol. The maximum Gasteiger partial charge on any atom is 0.407 e.